The zero-order valence-corrected chi connectivity index (χ0v) is 28.2. The van der Waals surface area contributed by atoms with Crippen LogP contribution in [0.2, 0.25) is 0 Å². The first kappa shape index (κ1) is 38.1. The zero-order valence-electron chi connectivity index (χ0n) is 28.2. The van der Waals surface area contributed by atoms with Crippen LogP contribution in [0, 0.1) is 18.6 Å². The van der Waals surface area contributed by atoms with Gasteiger partial charge < -0.3 is 16.4 Å². The summed E-state index contributed by atoms with van der Waals surface area (Å²) in [5.74, 6) is -4.00. The maximum atomic E-state index is 14.4. The van der Waals surface area contributed by atoms with Gasteiger partial charge in [-0.15, -0.1) is 0 Å². The monoisotopic (exact) mass is 700 g/mol. The third-order valence-corrected chi connectivity index (χ3v) is 8.62. The summed E-state index contributed by atoms with van der Waals surface area (Å²) in [6, 6.07) is 6.46. The highest BCUT2D eigenvalue weighted by molar-refractivity contribution is 5.99. The van der Waals surface area contributed by atoms with Crippen molar-refractivity contribution in [2.45, 2.75) is 90.9 Å². The molecule has 2 aromatic carbocycles. The number of rotatable bonds is 12. The number of nitrogens with zero attached hydrogens (tertiary/aromatic N) is 3. The SMILES string of the molecule is CC(=O)c1ccc2c(c1C)CC[C@@H]2NC(=O)c1cc(C(=O)NCc2ccc(F)c(C(F)(F)F)c2)nc2c(F)cnn12.CCCCCCCCN. The van der Waals surface area contributed by atoms with Crippen molar-refractivity contribution in [3.8, 4) is 0 Å². The first-order valence-electron chi connectivity index (χ1n) is 16.6. The second-order valence-electron chi connectivity index (χ2n) is 12.2. The van der Waals surface area contributed by atoms with Gasteiger partial charge in [-0.25, -0.2) is 18.3 Å². The van der Waals surface area contributed by atoms with Crippen molar-refractivity contribution in [1.29, 1.82) is 0 Å². The van der Waals surface area contributed by atoms with E-state index in [4.69, 9.17) is 5.73 Å². The standard InChI is InChI=1S/C28H22F5N5O3.C8H19N/c1-13-16(14(2)39)4-5-18-17(13)6-8-22(18)37-27(41)24-10-23(36-25-21(30)12-35-38(24)25)26(40)34-11-15-3-7-20(29)19(9-15)28(31,32)33;1-2-3-4-5-6-7-8-9/h3-5,7,9-10,12,22H,6,8,11H2,1-2H3,(H,34,40)(H,37,41);2-9H2,1H3/t22-;/m0./s1. The van der Waals surface area contributed by atoms with Crippen molar-refractivity contribution in [3.63, 3.8) is 0 Å². The maximum absolute atomic E-state index is 14.4. The Balaban J connectivity index is 0.000000551. The molecule has 14 heteroatoms. The van der Waals surface area contributed by atoms with Crippen molar-refractivity contribution in [2.24, 2.45) is 5.73 Å². The number of ketones is 1. The van der Waals surface area contributed by atoms with E-state index in [0.717, 1.165) is 46.1 Å². The fraction of sp³-hybridized carbons (Fsp3) is 0.417. The molecule has 268 valence electrons. The van der Waals surface area contributed by atoms with Gasteiger partial charge in [0, 0.05) is 18.2 Å². The molecule has 4 aromatic rings. The third-order valence-electron chi connectivity index (χ3n) is 8.62. The van der Waals surface area contributed by atoms with E-state index < -0.39 is 53.4 Å². The van der Waals surface area contributed by atoms with Crippen LogP contribution in [0.3, 0.4) is 0 Å². The lowest BCUT2D eigenvalue weighted by Gasteiger charge is -2.16. The van der Waals surface area contributed by atoms with Crippen LogP contribution >= 0.6 is 0 Å². The Labute approximate surface area is 286 Å². The highest BCUT2D eigenvalue weighted by Crippen LogP contribution is 2.35. The number of hydrogen-bond acceptors (Lipinski definition) is 6. The summed E-state index contributed by atoms with van der Waals surface area (Å²) in [5, 5.41) is 9.07. The lowest BCUT2D eigenvalue weighted by molar-refractivity contribution is -0.140. The van der Waals surface area contributed by atoms with Crippen LogP contribution in [0.4, 0.5) is 22.0 Å². The normalized spacial score (nSPS) is 13.8. The molecule has 0 saturated heterocycles. The molecular formula is C36H41F5N6O3. The number of amides is 2. The molecule has 9 nitrogen and oxygen atoms in total. The first-order valence-corrected chi connectivity index (χ1v) is 16.6. The molecule has 50 heavy (non-hydrogen) atoms. The van der Waals surface area contributed by atoms with Crippen LogP contribution in [0.15, 0.2) is 42.6 Å². The van der Waals surface area contributed by atoms with E-state index in [2.05, 4.69) is 27.6 Å². The predicted octanol–water partition coefficient (Wildman–Crippen LogP) is 7.19. The summed E-state index contributed by atoms with van der Waals surface area (Å²) in [4.78, 5) is 42.1. The second kappa shape index (κ2) is 16.8. The number of carbonyl (C=O) groups excluding carboxylic acids is 3. The number of alkyl halides is 3. The molecule has 1 aliphatic rings. The summed E-state index contributed by atoms with van der Waals surface area (Å²) < 4.78 is 68.1. The van der Waals surface area contributed by atoms with Gasteiger partial charge in [-0.05, 0) is 74.0 Å². The van der Waals surface area contributed by atoms with Crippen molar-refractivity contribution in [1.82, 2.24) is 25.2 Å². The van der Waals surface area contributed by atoms with E-state index in [1.54, 1.807) is 12.1 Å². The van der Waals surface area contributed by atoms with Gasteiger partial charge in [0.1, 0.15) is 17.2 Å². The molecule has 0 spiro atoms. The summed E-state index contributed by atoms with van der Waals surface area (Å²) in [6.45, 7) is 6.02. The smallest absolute Gasteiger partial charge is 0.347 e. The van der Waals surface area contributed by atoms with Crippen LogP contribution in [-0.4, -0.2) is 38.7 Å². The Hall–Kier alpha value is -4.72. The van der Waals surface area contributed by atoms with Gasteiger partial charge >= 0.3 is 6.18 Å². The molecule has 1 aliphatic carbocycles. The minimum absolute atomic E-state index is 0.0372. The average molecular weight is 701 g/mol. The van der Waals surface area contributed by atoms with E-state index in [1.807, 2.05) is 6.92 Å². The molecule has 0 saturated carbocycles. The Morgan fingerprint density at radius 1 is 0.980 bits per heavy atom. The molecule has 0 radical (unpaired) electrons. The summed E-state index contributed by atoms with van der Waals surface area (Å²) in [7, 11) is 0. The van der Waals surface area contributed by atoms with Gasteiger partial charge in [0.25, 0.3) is 11.8 Å². The van der Waals surface area contributed by atoms with Gasteiger partial charge in [-0.3, -0.25) is 14.4 Å². The molecule has 4 N–H and O–H groups in total. The molecular weight excluding hydrogens is 659 g/mol. The summed E-state index contributed by atoms with van der Waals surface area (Å²) in [5.41, 5.74) is 6.09. The molecule has 0 unspecified atom stereocenters. The molecule has 5 rings (SSSR count). The fourth-order valence-corrected chi connectivity index (χ4v) is 5.96. The first-order chi connectivity index (χ1) is 23.8. The molecule has 0 bridgehead atoms. The Bertz CT molecular complexity index is 1850. The van der Waals surface area contributed by atoms with Crippen molar-refractivity contribution < 1.29 is 36.3 Å². The Kier molecular flexibility index (Phi) is 12.8. The average Bonchev–Trinajstić information content (AvgIpc) is 3.66. The number of carbonyl (C=O) groups is 3. The van der Waals surface area contributed by atoms with Crippen LogP contribution in [0.1, 0.15) is 124 Å². The number of nitrogens with one attached hydrogen (secondary N) is 2. The van der Waals surface area contributed by atoms with Gasteiger partial charge in [0.05, 0.1) is 17.8 Å². The summed E-state index contributed by atoms with van der Waals surface area (Å²) in [6.07, 6.45) is 5.13. The number of unbranched alkanes of at least 4 members (excludes halogenated alkanes) is 5. The summed E-state index contributed by atoms with van der Waals surface area (Å²) >= 11 is 0. The highest BCUT2D eigenvalue weighted by Gasteiger charge is 2.34. The molecule has 2 aromatic heterocycles. The highest BCUT2D eigenvalue weighted by atomic mass is 19.4. The largest absolute Gasteiger partial charge is 0.419 e. The van der Waals surface area contributed by atoms with Crippen LogP contribution in [-0.2, 0) is 19.1 Å². The van der Waals surface area contributed by atoms with Crippen LogP contribution in [0.25, 0.3) is 5.65 Å². The Morgan fingerprint density at radius 3 is 2.38 bits per heavy atom. The lowest BCUT2D eigenvalue weighted by Crippen LogP contribution is -2.30. The van der Waals surface area contributed by atoms with Gasteiger partial charge in [0.15, 0.2) is 17.2 Å². The van der Waals surface area contributed by atoms with Crippen LogP contribution in [0.5, 0.6) is 0 Å². The molecule has 2 amide bonds. The third kappa shape index (κ3) is 9.09. The number of fused-ring (bicyclic) bond motifs is 2. The predicted molar refractivity (Wildman–Crippen MR) is 178 cm³/mol. The lowest BCUT2D eigenvalue weighted by atomic mass is 9.96. The fourth-order valence-electron chi connectivity index (χ4n) is 5.96. The number of halogens is 5. The van der Waals surface area contributed by atoms with Crippen molar-refractivity contribution in [3.05, 3.63) is 99.0 Å². The zero-order chi connectivity index (χ0) is 36.6. The van der Waals surface area contributed by atoms with Gasteiger partial charge in [-0.1, -0.05) is 57.2 Å². The quantitative estimate of drug-likeness (QED) is 0.0815. The number of nitrogens with two attached hydrogens (primary N) is 1. The number of hydrogen-bond donors (Lipinski definition) is 3. The van der Waals surface area contributed by atoms with Crippen molar-refractivity contribution in [2.75, 3.05) is 6.54 Å². The topological polar surface area (TPSA) is 131 Å². The molecule has 0 fully saturated rings. The van der Waals surface area contributed by atoms with Crippen molar-refractivity contribution >= 4 is 23.2 Å². The number of Topliss-reactive ketones (excluding diaryl/α,β-unsaturated/α-hetero) is 1. The van der Waals surface area contributed by atoms with E-state index in [1.165, 1.54) is 45.4 Å². The minimum Gasteiger partial charge on any atom is -0.347 e. The molecule has 2 heterocycles. The maximum Gasteiger partial charge on any atom is 0.419 e. The van der Waals surface area contributed by atoms with E-state index in [0.29, 0.717) is 30.5 Å². The second-order valence-corrected chi connectivity index (χ2v) is 12.2. The van der Waals surface area contributed by atoms with E-state index >= 15 is 0 Å². The number of benzene rings is 2. The van der Waals surface area contributed by atoms with Crippen LogP contribution < -0.4 is 16.4 Å². The molecule has 0 aliphatic heterocycles. The molecule has 1 atom stereocenters. The van der Waals surface area contributed by atoms with E-state index in [-0.39, 0.29) is 22.7 Å². The minimum atomic E-state index is -4.92. The van der Waals surface area contributed by atoms with Gasteiger partial charge in [0.2, 0.25) is 0 Å². The van der Waals surface area contributed by atoms with Gasteiger partial charge in [-0.2, -0.15) is 18.3 Å². The number of aromatic nitrogens is 3. The van der Waals surface area contributed by atoms with E-state index in [9.17, 15) is 36.3 Å². The Morgan fingerprint density at radius 2 is 1.70 bits per heavy atom.